The molecule has 0 aliphatic rings. The van der Waals surface area contributed by atoms with Crippen LogP contribution in [0.4, 0.5) is 34.1 Å². The van der Waals surface area contributed by atoms with E-state index in [1.165, 1.54) is 0 Å². The molecule has 0 N–H and O–H groups in total. The molecule has 0 radical (unpaired) electrons. The maximum atomic E-state index is 4.64. The number of anilines is 6. The average Bonchev–Trinajstić information content (AvgIpc) is 4.06. The van der Waals surface area contributed by atoms with Crippen molar-refractivity contribution in [1.29, 1.82) is 0 Å². The number of nitrogens with zero attached hydrogens (tertiary/aromatic N) is 8. The molecule has 0 unspecified atom stereocenters. The van der Waals surface area contributed by atoms with Gasteiger partial charge in [-0.1, -0.05) is 133 Å². The lowest BCUT2D eigenvalue weighted by Crippen LogP contribution is -2.10. The summed E-state index contributed by atoms with van der Waals surface area (Å²) in [6.07, 6.45) is 0. The molecule has 0 bridgehead atoms. The molecule has 8 nitrogen and oxygen atoms in total. The lowest BCUT2D eigenvalue weighted by atomic mass is 10.0. The summed E-state index contributed by atoms with van der Waals surface area (Å²) in [6.45, 7) is 0. The van der Waals surface area contributed by atoms with Gasteiger partial charge in [-0.15, -0.1) is 20.4 Å². The number of rotatable bonds is 11. The van der Waals surface area contributed by atoms with Gasteiger partial charge < -0.3 is 9.80 Å². The Hall–Kier alpha value is -9.40. The monoisotopic (exact) mass is 874 g/mol. The third-order valence-corrected chi connectivity index (χ3v) is 12.3. The molecule has 322 valence electrons. The van der Waals surface area contributed by atoms with E-state index < -0.39 is 0 Å². The molecule has 2 heterocycles. The van der Waals surface area contributed by atoms with Crippen LogP contribution in [0.15, 0.2) is 255 Å². The molecule has 68 heavy (non-hydrogen) atoms. The van der Waals surface area contributed by atoms with Crippen molar-refractivity contribution in [3.8, 4) is 44.8 Å². The first-order chi connectivity index (χ1) is 33.7. The summed E-state index contributed by atoms with van der Waals surface area (Å²) in [5.41, 5.74) is 18.6. The smallest absolute Gasteiger partial charge is 0.113 e. The van der Waals surface area contributed by atoms with Crippen molar-refractivity contribution >= 4 is 56.2 Å². The molecule has 0 atom stereocenters. The predicted octanol–water partition coefficient (Wildman–Crippen LogP) is 15.1. The van der Waals surface area contributed by atoms with Crippen LogP contribution in [-0.4, -0.2) is 30.0 Å². The van der Waals surface area contributed by atoms with Crippen LogP contribution in [0.3, 0.4) is 0 Å². The quantitative estimate of drug-likeness (QED) is 0.129. The van der Waals surface area contributed by atoms with Crippen LogP contribution in [0.5, 0.6) is 0 Å². The van der Waals surface area contributed by atoms with Gasteiger partial charge in [-0.25, -0.2) is 0 Å². The van der Waals surface area contributed by atoms with Gasteiger partial charge in [-0.2, -0.15) is 9.59 Å². The molecule has 0 aliphatic carbocycles. The fourth-order valence-electron chi connectivity index (χ4n) is 8.79. The van der Waals surface area contributed by atoms with E-state index in [4.69, 9.17) is 0 Å². The van der Waals surface area contributed by atoms with E-state index in [-0.39, 0.29) is 0 Å². The summed E-state index contributed by atoms with van der Waals surface area (Å²) in [6, 6.07) is 88.8. The number of fused-ring (bicyclic) bond motifs is 2. The molecule has 12 aromatic rings. The first-order valence-electron chi connectivity index (χ1n) is 22.6. The second-order valence-electron chi connectivity index (χ2n) is 16.6. The molecule has 0 aliphatic heterocycles. The minimum atomic E-state index is 0.877. The minimum absolute atomic E-state index is 0.877. The molecule has 0 fully saturated rings. The second kappa shape index (κ2) is 17.5. The van der Waals surface area contributed by atoms with Crippen molar-refractivity contribution in [2.24, 2.45) is 0 Å². The van der Waals surface area contributed by atoms with Gasteiger partial charge in [0.2, 0.25) is 0 Å². The Kier molecular flexibility index (Phi) is 10.3. The molecule has 8 heteroatoms. The van der Waals surface area contributed by atoms with Gasteiger partial charge in [0, 0.05) is 34.1 Å². The number of aromatic nitrogens is 6. The zero-order valence-corrected chi connectivity index (χ0v) is 36.8. The zero-order valence-electron chi connectivity index (χ0n) is 36.8. The Morgan fingerprint density at radius 3 is 0.662 bits per heavy atom. The molecule has 10 aromatic carbocycles. The highest BCUT2D eigenvalue weighted by molar-refractivity contribution is 5.83. The molecule has 0 saturated heterocycles. The van der Waals surface area contributed by atoms with Crippen LogP contribution >= 0.6 is 0 Å². The molecule has 0 amide bonds. The fraction of sp³-hybridized carbons (Fsp3) is 0. The SMILES string of the molecule is c1ccc(N(c2ccc(-c3ccc(N(c4ccccc4)c4ccc(-c5ccc(-n6nc7ccccc7n6)cc5)cc4)cc3)cc2)c2ccc(-c3ccc(-n4nc5ccccc5n4)cc3)cc2)cc1. The van der Waals surface area contributed by atoms with Crippen molar-refractivity contribution < 1.29 is 0 Å². The topological polar surface area (TPSA) is 67.9 Å². The summed E-state index contributed by atoms with van der Waals surface area (Å²) >= 11 is 0. The van der Waals surface area contributed by atoms with E-state index in [9.17, 15) is 0 Å². The maximum absolute atomic E-state index is 4.64. The normalized spacial score (nSPS) is 11.2. The van der Waals surface area contributed by atoms with Gasteiger partial charge in [-0.3, -0.25) is 0 Å². The van der Waals surface area contributed by atoms with Gasteiger partial charge in [-0.05, 0) is 155 Å². The minimum Gasteiger partial charge on any atom is -0.311 e. The highest BCUT2D eigenvalue weighted by atomic mass is 15.5. The average molecular weight is 875 g/mol. The van der Waals surface area contributed by atoms with E-state index >= 15 is 0 Å². The Morgan fingerprint density at radius 2 is 0.412 bits per heavy atom. The number of benzene rings is 10. The second-order valence-corrected chi connectivity index (χ2v) is 16.6. The van der Waals surface area contributed by atoms with Crippen molar-refractivity contribution in [3.05, 3.63) is 255 Å². The van der Waals surface area contributed by atoms with Gasteiger partial charge in [0.25, 0.3) is 0 Å². The number of para-hydroxylation sites is 2. The number of hydrogen-bond donors (Lipinski definition) is 0. The maximum Gasteiger partial charge on any atom is 0.113 e. The van der Waals surface area contributed by atoms with E-state index in [2.05, 4.69) is 236 Å². The molecule has 0 saturated carbocycles. The Balaban J connectivity index is 0.775. The first kappa shape index (κ1) is 40.1. The van der Waals surface area contributed by atoms with Crippen LogP contribution in [0, 0.1) is 0 Å². The van der Waals surface area contributed by atoms with E-state index in [0.29, 0.717) is 0 Å². The summed E-state index contributed by atoms with van der Waals surface area (Å²) in [5, 5.41) is 18.6. The Bertz CT molecular complexity index is 3310. The summed E-state index contributed by atoms with van der Waals surface area (Å²) in [5.74, 6) is 0. The Morgan fingerprint density at radius 1 is 0.206 bits per heavy atom. The highest BCUT2D eigenvalue weighted by Gasteiger charge is 2.16. The zero-order chi connectivity index (χ0) is 45.2. The molecule has 12 rings (SSSR count). The van der Waals surface area contributed by atoms with Gasteiger partial charge in [0.15, 0.2) is 0 Å². The van der Waals surface area contributed by atoms with Crippen molar-refractivity contribution in [3.63, 3.8) is 0 Å². The lowest BCUT2D eigenvalue weighted by Gasteiger charge is -2.26. The van der Waals surface area contributed by atoms with E-state index in [1.54, 1.807) is 9.59 Å². The third kappa shape index (κ3) is 7.92. The first-order valence-corrected chi connectivity index (χ1v) is 22.6. The van der Waals surface area contributed by atoms with Crippen molar-refractivity contribution in [2.45, 2.75) is 0 Å². The van der Waals surface area contributed by atoms with Gasteiger partial charge >= 0.3 is 0 Å². The third-order valence-electron chi connectivity index (χ3n) is 12.3. The van der Waals surface area contributed by atoms with Crippen LogP contribution in [0.25, 0.3) is 66.8 Å². The summed E-state index contributed by atoms with van der Waals surface area (Å²) in [4.78, 5) is 7.99. The van der Waals surface area contributed by atoms with Crippen LogP contribution < -0.4 is 9.80 Å². The summed E-state index contributed by atoms with van der Waals surface area (Å²) in [7, 11) is 0. The molecular weight excluding hydrogens is 833 g/mol. The molecule has 2 aromatic heterocycles. The Labute approximate surface area is 393 Å². The van der Waals surface area contributed by atoms with Crippen LogP contribution in [0.1, 0.15) is 0 Å². The van der Waals surface area contributed by atoms with Crippen molar-refractivity contribution in [2.75, 3.05) is 9.80 Å². The standard InChI is InChI=1S/C60H42N8/c1-3-11-49(12-4-1)65(53-35-23-45(24-36-53)47-27-39-55(40-28-47)67-61-57-15-7-8-16-58(57)62-67)51-31-19-43(20-32-51)44-21-33-52(34-22-44)66(50-13-5-2-6-14-50)54-37-25-46(26-38-54)48-29-41-56(42-30-48)68-63-59-17-9-10-18-60(59)64-68/h1-42H. The van der Waals surface area contributed by atoms with E-state index in [1.807, 2.05) is 48.5 Å². The highest BCUT2D eigenvalue weighted by Crippen LogP contribution is 2.39. The molecular formula is C60H42N8. The largest absolute Gasteiger partial charge is 0.311 e. The van der Waals surface area contributed by atoms with Crippen LogP contribution in [0.2, 0.25) is 0 Å². The van der Waals surface area contributed by atoms with Gasteiger partial charge in [0.05, 0.1) is 11.4 Å². The van der Waals surface area contributed by atoms with Gasteiger partial charge in [0.1, 0.15) is 22.1 Å². The fourth-order valence-corrected chi connectivity index (χ4v) is 8.79. The van der Waals surface area contributed by atoms with Crippen LogP contribution in [-0.2, 0) is 0 Å². The molecule has 0 spiro atoms. The number of hydrogen-bond acceptors (Lipinski definition) is 6. The summed E-state index contributed by atoms with van der Waals surface area (Å²) < 4.78 is 0. The van der Waals surface area contributed by atoms with E-state index in [0.717, 1.165) is 101 Å². The lowest BCUT2D eigenvalue weighted by molar-refractivity contribution is 0.766. The predicted molar refractivity (Wildman–Crippen MR) is 277 cm³/mol. The van der Waals surface area contributed by atoms with Crippen molar-refractivity contribution in [1.82, 2.24) is 30.0 Å².